The lowest BCUT2D eigenvalue weighted by atomic mass is 10.2. The zero-order valence-electron chi connectivity index (χ0n) is 10.3. The first-order valence-electron chi connectivity index (χ1n) is 5.67. The Balaban J connectivity index is 2.18. The molecular weight excluding hydrogens is 346 g/mol. The molecule has 0 aliphatic carbocycles. The van der Waals surface area contributed by atoms with Crippen molar-refractivity contribution in [3.63, 3.8) is 0 Å². The Hall–Kier alpha value is -1.35. The van der Waals surface area contributed by atoms with E-state index in [9.17, 15) is 8.42 Å². The number of sulfonamides is 1. The summed E-state index contributed by atoms with van der Waals surface area (Å²) < 4.78 is 27.2. The molecule has 0 amide bonds. The molecule has 0 spiro atoms. The van der Waals surface area contributed by atoms with Gasteiger partial charge >= 0.3 is 0 Å². The molecule has 0 saturated carbocycles. The van der Waals surface area contributed by atoms with Crippen LogP contribution in [0.5, 0.6) is 0 Å². The lowest BCUT2D eigenvalue weighted by Gasteiger charge is -2.09. The van der Waals surface area contributed by atoms with Gasteiger partial charge in [0.2, 0.25) is 10.0 Å². The SMILES string of the molecule is O=S(=O)(NCc1ccncn1)c1ccc(CO)cc1Br. The smallest absolute Gasteiger partial charge is 0.242 e. The summed E-state index contributed by atoms with van der Waals surface area (Å²) in [6.07, 6.45) is 2.90. The zero-order valence-corrected chi connectivity index (χ0v) is 12.7. The van der Waals surface area contributed by atoms with E-state index in [2.05, 4.69) is 30.6 Å². The van der Waals surface area contributed by atoms with Gasteiger partial charge < -0.3 is 5.11 Å². The van der Waals surface area contributed by atoms with Crippen LogP contribution in [0.1, 0.15) is 11.3 Å². The van der Waals surface area contributed by atoms with Crippen LogP contribution in [0.3, 0.4) is 0 Å². The van der Waals surface area contributed by atoms with Crippen LogP contribution in [-0.2, 0) is 23.2 Å². The number of benzene rings is 1. The molecule has 0 radical (unpaired) electrons. The monoisotopic (exact) mass is 357 g/mol. The number of rotatable bonds is 5. The molecule has 2 rings (SSSR count). The van der Waals surface area contributed by atoms with Crippen LogP contribution in [0, 0.1) is 0 Å². The first-order valence-corrected chi connectivity index (χ1v) is 7.94. The highest BCUT2D eigenvalue weighted by Gasteiger charge is 2.17. The van der Waals surface area contributed by atoms with Crippen LogP contribution in [0.4, 0.5) is 0 Å². The fourth-order valence-electron chi connectivity index (χ4n) is 1.53. The molecule has 2 aromatic rings. The van der Waals surface area contributed by atoms with Crippen molar-refractivity contribution in [2.75, 3.05) is 0 Å². The van der Waals surface area contributed by atoms with Gasteiger partial charge in [0.1, 0.15) is 6.33 Å². The van der Waals surface area contributed by atoms with E-state index in [4.69, 9.17) is 5.11 Å². The maximum Gasteiger partial charge on any atom is 0.242 e. The molecule has 8 heteroatoms. The van der Waals surface area contributed by atoms with Crippen molar-refractivity contribution < 1.29 is 13.5 Å². The average molecular weight is 358 g/mol. The van der Waals surface area contributed by atoms with Gasteiger partial charge in [0.25, 0.3) is 0 Å². The molecule has 0 saturated heterocycles. The predicted octanol–water partition coefficient (Wildman–Crippen LogP) is 1.21. The highest BCUT2D eigenvalue weighted by molar-refractivity contribution is 9.10. The molecule has 1 heterocycles. The first-order chi connectivity index (χ1) is 9.53. The molecule has 0 aliphatic rings. The Morgan fingerprint density at radius 2 is 2.10 bits per heavy atom. The van der Waals surface area contributed by atoms with E-state index < -0.39 is 10.0 Å². The van der Waals surface area contributed by atoms with Crippen LogP contribution in [0.15, 0.2) is 46.2 Å². The van der Waals surface area contributed by atoms with Crippen molar-refractivity contribution in [1.82, 2.24) is 14.7 Å². The van der Waals surface area contributed by atoms with Crippen LogP contribution in [0.2, 0.25) is 0 Å². The van der Waals surface area contributed by atoms with Crippen LogP contribution in [0.25, 0.3) is 0 Å². The number of nitrogens with one attached hydrogen (secondary N) is 1. The van der Waals surface area contributed by atoms with Gasteiger partial charge in [-0.2, -0.15) is 0 Å². The lowest BCUT2D eigenvalue weighted by molar-refractivity contribution is 0.281. The highest BCUT2D eigenvalue weighted by Crippen LogP contribution is 2.23. The van der Waals surface area contributed by atoms with Gasteiger partial charge in [-0.1, -0.05) is 6.07 Å². The maximum absolute atomic E-state index is 12.2. The molecule has 1 aromatic carbocycles. The number of hydrogen-bond acceptors (Lipinski definition) is 5. The fourth-order valence-corrected chi connectivity index (χ4v) is 3.65. The third-order valence-corrected chi connectivity index (χ3v) is 4.93. The van der Waals surface area contributed by atoms with E-state index in [1.54, 1.807) is 24.4 Å². The standard InChI is InChI=1S/C12H12BrN3O3S/c13-11-5-9(7-17)1-2-12(11)20(18,19)16-6-10-3-4-14-8-15-10/h1-5,8,16-17H,6-7H2. The molecule has 6 nitrogen and oxygen atoms in total. The number of aromatic nitrogens is 2. The third-order valence-electron chi connectivity index (χ3n) is 2.55. The Labute approximate surface area is 125 Å². The molecule has 0 fully saturated rings. The van der Waals surface area contributed by atoms with E-state index in [1.165, 1.54) is 12.4 Å². The molecule has 0 aliphatic heterocycles. The first kappa shape index (κ1) is 15.0. The molecule has 0 bridgehead atoms. The maximum atomic E-state index is 12.2. The molecule has 2 N–H and O–H groups in total. The van der Waals surface area contributed by atoms with Crippen molar-refractivity contribution in [3.8, 4) is 0 Å². The van der Waals surface area contributed by atoms with Crippen molar-refractivity contribution in [2.24, 2.45) is 0 Å². The second kappa shape index (κ2) is 6.40. The Kier molecular flexibility index (Phi) is 4.81. The van der Waals surface area contributed by atoms with Crippen molar-refractivity contribution in [1.29, 1.82) is 0 Å². The molecule has 1 aromatic heterocycles. The van der Waals surface area contributed by atoms with E-state index in [0.29, 0.717) is 15.7 Å². The van der Waals surface area contributed by atoms with E-state index in [0.717, 1.165) is 0 Å². The zero-order chi connectivity index (χ0) is 14.6. The number of halogens is 1. The molecule has 0 atom stereocenters. The lowest BCUT2D eigenvalue weighted by Crippen LogP contribution is -2.24. The Morgan fingerprint density at radius 3 is 2.70 bits per heavy atom. The molecular formula is C12H12BrN3O3S. The summed E-state index contributed by atoms with van der Waals surface area (Å²) in [5, 5.41) is 9.01. The summed E-state index contributed by atoms with van der Waals surface area (Å²) in [7, 11) is -3.65. The van der Waals surface area contributed by atoms with Crippen molar-refractivity contribution in [2.45, 2.75) is 18.0 Å². The third kappa shape index (κ3) is 3.60. The van der Waals surface area contributed by atoms with Gasteiger partial charge in [0.05, 0.1) is 23.7 Å². The molecule has 20 heavy (non-hydrogen) atoms. The van der Waals surface area contributed by atoms with Crippen molar-refractivity contribution >= 4 is 26.0 Å². The van der Waals surface area contributed by atoms with Crippen LogP contribution in [-0.4, -0.2) is 23.5 Å². The van der Waals surface area contributed by atoms with Gasteiger partial charge in [-0.25, -0.2) is 23.1 Å². The Morgan fingerprint density at radius 1 is 1.30 bits per heavy atom. The number of hydrogen-bond donors (Lipinski definition) is 2. The van der Waals surface area contributed by atoms with E-state index >= 15 is 0 Å². The summed E-state index contributed by atoms with van der Waals surface area (Å²) in [4.78, 5) is 7.82. The number of aliphatic hydroxyl groups excluding tert-OH is 1. The number of nitrogens with zero attached hydrogens (tertiary/aromatic N) is 2. The second-order valence-electron chi connectivity index (χ2n) is 3.95. The van der Waals surface area contributed by atoms with Crippen LogP contribution >= 0.6 is 15.9 Å². The summed E-state index contributed by atoms with van der Waals surface area (Å²) in [6.45, 7) is -0.0632. The summed E-state index contributed by atoms with van der Waals surface area (Å²) in [5.74, 6) is 0. The molecule has 106 valence electrons. The second-order valence-corrected chi connectivity index (χ2v) is 6.54. The van der Waals surface area contributed by atoms with Gasteiger partial charge in [0.15, 0.2) is 0 Å². The summed E-state index contributed by atoms with van der Waals surface area (Å²) in [6, 6.07) is 6.20. The topological polar surface area (TPSA) is 92.2 Å². The normalized spacial score (nSPS) is 11.5. The Bertz CT molecular complexity index is 692. The fraction of sp³-hybridized carbons (Fsp3) is 0.167. The van der Waals surface area contributed by atoms with Gasteiger partial charge in [-0.05, 0) is 39.7 Å². The van der Waals surface area contributed by atoms with Crippen LogP contribution < -0.4 is 4.72 Å². The highest BCUT2D eigenvalue weighted by atomic mass is 79.9. The largest absolute Gasteiger partial charge is 0.392 e. The van der Waals surface area contributed by atoms with Gasteiger partial charge in [-0.3, -0.25) is 0 Å². The quantitative estimate of drug-likeness (QED) is 0.838. The van der Waals surface area contributed by atoms with E-state index in [1.807, 2.05) is 0 Å². The summed E-state index contributed by atoms with van der Waals surface area (Å²) >= 11 is 3.19. The van der Waals surface area contributed by atoms with Gasteiger partial charge in [-0.15, -0.1) is 0 Å². The minimum Gasteiger partial charge on any atom is -0.392 e. The predicted molar refractivity (Wildman–Crippen MR) is 76.1 cm³/mol. The number of aliphatic hydroxyl groups is 1. The average Bonchev–Trinajstić information content (AvgIpc) is 2.46. The van der Waals surface area contributed by atoms with Crippen molar-refractivity contribution in [3.05, 3.63) is 52.5 Å². The minimum atomic E-state index is -3.65. The minimum absolute atomic E-state index is 0.0824. The molecule has 0 unspecified atom stereocenters. The van der Waals surface area contributed by atoms with Gasteiger partial charge in [0, 0.05) is 10.7 Å². The van der Waals surface area contributed by atoms with E-state index in [-0.39, 0.29) is 18.0 Å². The summed E-state index contributed by atoms with van der Waals surface area (Å²) in [5.41, 5.74) is 1.21.